The molecule has 1 fully saturated rings. The normalized spacial score (nSPS) is 14.6. The molecule has 0 saturated carbocycles. The molecule has 5 heteroatoms. The van der Waals surface area contributed by atoms with Crippen LogP contribution < -0.4 is 9.80 Å². The van der Waals surface area contributed by atoms with Gasteiger partial charge in [0.2, 0.25) is 5.95 Å². The monoisotopic (exact) mass is 477 g/mol. The Morgan fingerprint density at radius 2 is 1.19 bits per heavy atom. The minimum absolute atomic E-state index is 0.204. The first-order valence-corrected chi connectivity index (χ1v) is 12.8. The number of nitrogens with zero attached hydrogens (tertiary/aromatic N) is 5. The van der Waals surface area contributed by atoms with Gasteiger partial charge in [-0.15, -0.1) is 0 Å². The van der Waals surface area contributed by atoms with Gasteiger partial charge in [0.1, 0.15) is 5.82 Å². The van der Waals surface area contributed by atoms with Crippen LogP contribution in [0.4, 0.5) is 11.8 Å². The van der Waals surface area contributed by atoms with Gasteiger partial charge in [-0.2, -0.15) is 4.98 Å². The van der Waals surface area contributed by atoms with Crippen molar-refractivity contribution in [3.63, 3.8) is 0 Å². The van der Waals surface area contributed by atoms with E-state index in [0.717, 1.165) is 50.9 Å². The van der Waals surface area contributed by atoms with E-state index in [1.807, 2.05) is 31.3 Å². The molecular formula is C31H35N5. The van der Waals surface area contributed by atoms with Gasteiger partial charge in [0.15, 0.2) is 0 Å². The molecule has 36 heavy (non-hydrogen) atoms. The Morgan fingerprint density at radius 1 is 0.694 bits per heavy atom. The fourth-order valence-corrected chi connectivity index (χ4v) is 5.34. The zero-order chi connectivity index (χ0) is 24.8. The van der Waals surface area contributed by atoms with E-state index in [1.54, 1.807) is 0 Å². The lowest BCUT2D eigenvalue weighted by Crippen LogP contribution is -2.48. The van der Waals surface area contributed by atoms with Gasteiger partial charge in [-0.1, -0.05) is 91.0 Å². The molecule has 0 amide bonds. The van der Waals surface area contributed by atoms with E-state index >= 15 is 0 Å². The number of hydrogen-bond acceptors (Lipinski definition) is 5. The fraction of sp³-hybridized carbons (Fsp3) is 0.290. The molecule has 0 N–H and O–H groups in total. The third-order valence-corrected chi connectivity index (χ3v) is 7.34. The van der Waals surface area contributed by atoms with Gasteiger partial charge >= 0.3 is 0 Å². The van der Waals surface area contributed by atoms with Crippen molar-refractivity contribution in [2.24, 2.45) is 0 Å². The van der Waals surface area contributed by atoms with E-state index in [1.165, 1.54) is 16.7 Å². The molecule has 1 aromatic heterocycles. The zero-order valence-electron chi connectivity index (χ0n) is 21.3. The largest absolute Gasteiger partial charge is 0.363 e. The highest BCUT2D eigenvalue weighted by Crippen LogP contribution is 2.42. The maximum absolute atomic E-state index is 4.75. The van der Waals surface area contributed by atoms with E-state index in [9.17, 15) is 0 Å². The van der Waals surface area contributed by atoms with Crippen LogP contribution >= 0.6 is 0 Å². The maximum Gasteiger partial charge on any atom is 0.227 e. The second kappa shape index (κ2) is 10.9. The molecule has 0 unspecified atom stereocenters. The van der Waals surface area contributed by atoms with Crippen molar-refractivity contribution in [2.75, 3.05) is 56.6 Å². The Bertz CT molecular complexity index is 1120. The van der Waals surface area contributed by atoms with Crippen LogP contribution in [0.2, 0.25) is 0 Å². The minimum atomic E-state index is -0.204. The predicted octanol–water partition coefficient (Wildman–Crippen LogP) is 5.09. The van der Waals surface area contributed by atoms with Gasteiger partial charge in [-0.25, -0.2) is 4.98 Å². The molecule has 184 valence electrons. The van der Waals surface area contributed by atoms with Crippen LogP contribution in [0, 0.1) is 0 Å². The fourth-order valence-electron chi connectivity index (χ4n) is 5.34. The molecule has 5 rings (SSSR count). The van der Waals surface area contributed by atoms with Crippen molar-refractivity contribution < 1.29 is 0 Å². The molecule has 4 aromatic rings. The van der Waals surface area contributed by atoms with Crippen molar-refractivity contribution in [1.29, 1.82) is 0 Å². The predicted molar refractivity (Wildman–Crippen MR) is 149 cm³/mol. The van der Waals surface area contributed by atoms with E-state index in [0.29, 0.717) is 0 Å². The highest BCUT2D eigenvalue weighted by molar-refractivity contribution is 5.50. The van der Waals surface area contributed by atoms with Gasteiger partial charge in [0.25, 0.3) is 0 Å². The lowest BCUT2D eigenvalue weighted by Gasteiger charge is -2.40. The average Bonchev–Trinajstić information content (AvgIpc) is 2.95. The molecule has 0 radical (unpaired) electrons. The molecule has 0 bridgehead atoms. The molecule has 2 heterocycles. The minimum Gasteiger partial charge on any atom is -0.363 e. The quantitative estimate of drug-likeness (QED) is 0.330. The summed E-state index contributed by atoms with van der Waals surface area (Å²) in [5, 5.41) is 0. The van der Waals surface area contributed by atoms with E-state index in [4.69, 9.17) is 4.98 Å². The summed E-state index contributed by atoms with van der Waals surface area (Å²) < 4.78 is 0. The Kier molecular flexibility index (Phi) is 7.28. The summed E-state index contributed by atoms with van der Waals surface area (Å²) in [5.41, 5.74) is 3.82. The number of rotatable bonds is 8. The second-order valence-corrected chi connectivity index (χ2v) is 9.69. The lowest BCUT2D eigenvalue weighted by atomic mass is 9.67. The van der Waals surface area contributed by atoms with Gasteiger partial charge in [-0.3, -0.25) is 4.90 Å². The van der Waals surface area contributed by atoms with Crippen LogP contribution in [0.3, 0.4) is 0 Å². The van der Waals surface area contributed by atoms with Crippen LogP contribution in [-0.2, 0) is 5.41 Å². The molecule has 1 saturated heterocycles. The van der Waals surface area contributed by atoms with E-state index in [2.05, 4.69) is 106 Å². The summed E-state index contributed by atoms with van der Waals surface area (Å²) >= 11 is 0. The summed E-state index contributed by atoms with van der Waals surface area (Å²) in [6, 6.07) is 35.0. The first-order valence-electron chi connectivity index (χ1n) is 12.8. The van der Waals surface area contributed by atoms with Crippen molar-refractivity contribution in [1.82, 2.24) is 14.9 Å². The summed E-state index contributed by atoms with van der Waals surface area (Å²) in [5.74, 6) is 1.77. The maximum atomic E-state index is 4.75. The average molecular weight is 478 g/mol. The Balaban J connectivity index is 1.38. The summed E-state index contributed by atoms with van der Waals surface area (Å²) in [4.78, 5) is 16.2. The second-order valence-electron chi connectivity index (χ2n) is 9.69. The highest BCUT2D eigenvalue weighted by atomic mass is 15.3. The number of anilines is 2. The Hall–Kier alpha value is -3.70. The molecule has 0 spiro atoms. The topological polar surface area (TPSA) is 35.5 Å². The first-order chi connectivity index (χ1) is 17.7. The number of piperazine rings is 1. The van der Waals surface area contributed by atoms with Crippen LogP contribution in [0.15, 0.2) is 103 Å². The SMILES string of the molecule is CN(C)c1ccnc(N2CCN(CCC(c3ccccc3)(c3ccccc3)c3ccccc3)CC2)n1. The third kappa shape index (κ3) is 4.98. The van der Waals surface area contributed by atoms with Crippen LogP contribution in [0.25, 0.3) is 0 Å². The summed E-state index contributed by atoms with van der Waals surface area (Å²) in [6.07, 6.45) is 2.87. The van der Waals surface area contributed by atoms with Crippen molar-refractivity contribution >= 4 is 11.8 Å². The molecule has 0 atom stereocenters. The third-order valence-electron chi connectivity index (χ3n) is 7.34. The van der Waals surface area contributed by atoms with Gasteiger partial charge in [0, 0.05) is 51.9 Å². The molecule has 0 aliphatic carbocycles. The molecule has 3 aromatic carbocycles. The van der Waals surface area contributed by atoms with E-state index < -0.39 is 0 Å². The Morgan fingerprint density at radius 3 is 1.67 bits per heavy atom. The molecule has 1 aliphatic rings. The van der Waals surface area contributed by atoms with Gasteiger partial charge < -0.3 is 9.80 Å². The standard InChI is InChI=1S/C31H35N5/c1-34(2)29-18-20-32-30(33-29)36-24-22-35(23-25-36)21-19-31(26-12-6-3-7-13-26,27-14-8-4-9-15-27)28-16-10-5-11-17-28/h3-18,20H,19,21-25H2,1-2H3. The number of benzene rings is 3. The van der Waals surface area contributed by atoms with Gasteiger partial charge in [0.05, 0.1) is 0 Å². The number of aromatic nitrogens is 2. The van der Waals surface area contributed by atoms with Crippen LogP contribution in [0.1, 0.15) is 23.1 Å². The molecule has 1 aliphatic heterocycles. The smallest absolute Gasteiger partial charge is 0.227 e. The Labute approximate surface area is 215 Å². The van der Waals surface area contributed by atoms with Gasteiger partial charge in [-0.05, 0) is 35.7 Å². The van der Waals surface area contributed by atoms with Crippen molar-refractivity contribution in [2.45, 2.75) is 11.8 Å². The summed E-state index contributed by atoms with van der Waals surface area (Å²) in [7, 11) is 4.03. The lowest BCUT2D eigenvalue weighted by molar-refractivity contribution is 0.241. The highest BCUT2D eigenvalue weighted by Gasteiger charge is 2.36. The number of hydrogen-bond donors (Lipinski definition) is 0. The van der Waals surface area contributed by atoms with Crippen LogP contribution in [0.5, 0.6) is 0 Å². The van der Waals surface area contributed by atoms with Crippen molar-refractivity contribution in [3.05, 3.63) is 120 Å². The van der Waals surface area contributed by atoms with E-state index in [-0.39, 0.29) is 5.41 Å². The zero-order valence-corrected chi connectivity index (χ0v) is 21.3. The molecule has 5 nitrogen and oxygen atoms in total. The van der Waals surface area contributed by atoms with Crippen molar-refractivity contribution in [3.8, 4) is 0 Å². The first kappa shape index (κ1) is 24.0. The van der Waals surface area contributed by atoms with Crippen LogP contribution in [-0.4, -0.2) is 61.7 Å². The summed E-state index contributed by atoms with van der Waals surface area (Å²) in [6.45, 7) is 4.90. The molecular weight excluding hydrogens is 442 g/mol.